The van der Waals surface area contributed by atoms with Gasteiger partial charge in [-0.05, 0) is 75.5 Å². The number of aromatic nitrogens is 2. The zero-order chi connectivity index (χ0) is 25.1. The van der Waals surface area contributed by atoms with Gasteiger partial charge in [-0.2, -0.15) is 5.26 Å². The molecule has 4 aromatic rings. The highest BCUT2D eigenvalue weighted by atomic mass is 16.5. The van der Waals surface area contributed by atoms with Crippen LogP contribution >= 0.6 is 0 Å². The van der Waals surface area contributed by atoms with E-state index in [-0.39, 0.29) is 23.2 Å². The molecule has 0 spiro atoms. The third kappa shape index (κ3) is 4.84. The summed E-state index contributed by atoms with van der Waals surface area (Å²) in [4.78, 5) is 25.7. The second-order valence-corrected chi connectivity index (χ2v) is 9.08. The number of nitriles is 1. The Balaban J connectivity index is 1.86. The number of pyridine rings is 2. The van der Waals surface area contributed by atoms with Gasteiger partial charge < -0.3 is 19.2 Å². The molecule has 1 N–H and O–H groups in total. The van der Waals surface area contributed by atoms with Gasteiger partial charge in [0.15, 0.2) is 0 Å². The molecular weight excluding hydrogens is 440 g/mol. The van der Waals surface area contributed by atoms with Crippen LogP contribution in [0, 0.1) is 11.3 Å². The Morgan fingerprint density at radius 2 is 1.66 bits per heavy atom. The number of hydrogen-bond donors (Lipinski definition) is 1. The van der Waals surface area contributed by atoms with Crippen LogP contribution in [0.4, 0.5) is 0 Å². The molecule has 1 unspecified atom stereocenters. The lowest BCUT2D eigenvalue weighted by Crippen LogP contribution is -2.25. The first kappa shape index (κ1) is 24.2. The van der Waals surface area contributed by atoms with Crippen molar-refractivity contribution in [1.82, 2.24) is 14.5 Å². The standard InChI is InChI=1S/C28H30N4O3/c1-18(2)31-26-16-23(35-12-11-30-4)15-22(24(26)8-10-27(31)33)13-19(3)32-25-14-20(17-29)5-6-21(25)7-9-28(32)34/h5-10,14-16,18-19,30H,11-13H2,1-4H3. The van der Waals surface area contributed by atoms with Crippen molar-refractivity contribution in [3.8, 4) is 11.8 Å². The number of rotatable bonds is 8. The van der Waals surface area contributed by atoms with Crippen molar-refractivity contribution in [2.75, 3.05) is 20.2 Å². The Kier molecular flexibility index (Phi) is 7.04. The maximum Gasteiger partial charge on any atom is 0.251 e. The molecule has 0 bridgehead atoms. The number of benzene rings is 2. The third-order valence-corrected chi connectivity index (χ3v) is 6.26. The van der Waals surface area contributed by atoms with Gasteiger partial charge in [0.25, 0.3) is 11.1 Å². The van der Waals surface area contributed by atoms with Crippen molar-refractivity contribution < 1.29 is 4.74 Å². The zero-order valence-corrected chi connectivity index (χ0v) is 20.5. The maximum atomic E-state index is 13.0. The lowest BCUT2D eigenvalue weighted by molar-refractivity contribution is 0.318. The molecule has 0 saturated heterocycles. The molecule has 0 radical (unpaired) electrons. The molecule has 2 aromatic carbocycles. The molecule has 0 amide bonds. The van der Waals surface area contributed by atoms with E-state index in [0.717, 1.165) is 27.4 Å². The number of nitrogens with one attached hydrogen (secondary N) is 1. The first-order valence-corrected chi connectivity index (χ1v) is 11.8. The summed E-state index contributed by atoms with van der Waals surface area (Å²) >= 11 is 0. The van der Waals surface area contributed by atoms with E-state index < -0.39 is 0 Å². The number of likely N-dealkylation sites (N-methyl/N-ethyl adjacent to an activating group) is 1. The van der Waals surface area contributed by atoms with Crippen LogP contribution in [0.1, 0.15) is 44.0 Å². The summed E-state index contributed by atoms with van der Waals surface area (Å²) in [6.07, 6.45) is 0.547. The van der Waals surface area contributed by atoms with E-state index in [1.165, 1.54) is 0 Å². The molecule has 7 nitrogen and oxygen atoms in total. The second kappa shape index (κ2) is 10.2. The monoisotopic (exact) mass is 470 g/mol. The first-order valence-electron chi connectivity index (χ1n) is 11.8. The van der Waals surface area contributed by atoms with Gasteiger partial charge in [0.05, 0.1) is 22.7 Å². The molecule has 0 saturated carbocycles. The number of nitrogens with zero attached hydrogens (tertiary/aromatic N) is 3. The van der Waals surface area contributed by atoms with Gasteiger partial charge in [0.2, 0.25) is 0 Å². The molecule has 180 valence electrons. The minimum atomic E-state index is -0.199. The largest absolute Gasteiger partial charge is 0.492 e. The van der Waals surface area contributed by atoms with Gasteiger partial charge in [-0.3, -0.25) is 9.59 Å². The van der Waals surface area contributed by atoms with Crippen molar-refractivity contribution >= 4 is 21.8 Å². The maximum absolute atomic E-state index is 13.0. The van der Waals surface area contributed by atoms with Crippen molar-refractivity contribution in [2.24, 2.45) is 0 Å². The van der Waals surface area contributed by atoms with Crippen molar-refractivity contribution in [1.29, 1.82) is 5.26 Å². The highest BCUT2D eigenvalue weighted by Crippen LogP contribution is 2.30. The van der Waals surface area contributed by atoms with Gasteiger partial charge in [0.1, 0.15) is 12.4 Å². The van der Waals surface area contributed by atoms with Gasteiger partial charge in [-0.25, -0.2) is 0 Å². The SMILES string of the molecule is CNCCOc1cc(CC(C)n2c(=O)ccc3ccc(C#N)cc32)c2ccc(=O)n(C(C)C)c2c1. The zero-order valence-electron chi connectivity index (χ0n) is 20.5. The summed E-state index contributed by atoms with van der Waals surface area (Å²) in [5.41, 5.74) is 2.86. The molecule has 2 heterocycles. The molecule has 0 aliphatic rings. The van der Waals surface area contributed by atoms with Crippen LogP contribution in [0.25, 0.3) is 21.8 Å². The first-order chi connectivity index (χ1) is 16.8. The van der Waals surface area contributed by atoms with Crippen LogP contribution in [-0.2, 0) is 6.42 Å². The Hall–Kier alpha value is -3.89. The van der Waals surface area contributed by atoms with Crippen LogP contribution in [0.3, 0.4) is 0 Å². The molecular formula is C28H30N4O3. The van der Waals surface area contributed by atoms with Gasteiger partial charge in [0, 0.05) is 42.2 Å². The lowest BCUT2D eigenvalue weighted by Gasteiger charge is -2.21. The van der Waals surface area contributed by atoms with Crippen molar-refractivity contribution in [3.05, 3.63) is 86.4 Å². The molecule has 35 heavy (non-hydrogen) atoms. The summed E-state index contributed by atoms with van der Waals surface area (Å²) in [5.74, 6) is 0.687. The third-order valence-electron chi connectivity index (χ3n) is 6.26. The Bertz CT molecular complexity index is 1540. The van der Waals surface area contributed by atoms with E-state index >= 15 is 0 Å². The summed E-state index contributed by atoms with van der Waals surface area (Å²) in [5, 5.41) is 14.3. The van der Waals surface area contributed by atoms with Crippen molar-refractivity contribution in [3.63, 3.8) is 0 Å². The second-order valence-electron chi connectivity index (χ2n) is 9.08. The molecule has 4 rings (SSSR count). The summed E-state index contributed by atoms with van der Waals surface area (Å²) < 4.78 is 9.52. The predicted molar refractivity (Wildman–Crippen MR) is 139 cm³/mol. The minimum Gasteiger partial charge on any atom is -0.492 e. The molecule has 0 aliphatic carbocycles. The number of fused-ring (bicyclic) bond motifs is 2. The van der Waals surface area contributed by atoms with Gasteiger partial charge >= 0.3 is 0 Å². The van der Waals surface area contributed by atoms with Gasteiger partial charge in [-0.15, -0.1) is 0 Å². The molecule has 1 atom stereocenters. The number of ether oxygens (including phenoxy) is 1. The van der Waals surface area contributed by atoms with Crippen LogP contribution < -0.4 is 21.2 Å². The number of hydrogen-bond acceptors (Lipinski definition) is 5. The molecule has 0 fully saturated rings. The van der Waals surface area contributed by atoms with Crippen LogP contribution in [0.15, 0.2) is 64.2 Å². The summed E-state index contributed by atoms with van der Waals surface area (Å²) in [7, 11) is 1.87. The van der Waals surface area contributed by atoms with Gasteiger partial charge in [-0.1, -0.05) is 6.07 Å². The topological polar surface area (TPSA) is 89.1 Å². The Labute approximate surface area is 204 Å². The predicted octanol–water partition coefficient (Wildman–Crippen LogP) is 4.17. The van der Waals surface area contributed by atoms with Crippen LogP contribution in [0.2, 0.25) is 0 Å². The lowest BCUT2D eigenvalue weighted by atomic mass is 10.00. The molecule has 2 aromatic heterocycles. The minimum absolute atomic E-state index is 0.0193. The van der Waals surface area contributed by atoms with E-state index in [1.54, 1.807) is 39.5 Å². The highest BCUT2D eigenvalue weighted by molar-refractivity contribution is 5.85. The van der Waals surface area contributed by atoms with Crippen LogP contribution in [0.5, 0.6) is 5.75 Å². The average Bonchev–Trinajstić information content (AvgIpc) is 2.83. The fourth-order valence-electron chi connectivity index (χ4n) is 4.66. The molecule has 0 aliphatic heterocycles. The summed E-state index contributed by atoms with van der Waals surface area (Å²) in [6, 6.07) is 18.1. The van der Waals surface area contributed by atoms with E-state index in [2.05, 4.69) is 11.4 Å². The fourth-order valence-corrected chi connectivity index (χ4v) is 4.66. The van der Waals surface area contributed by atoms with E-state index in [9.17, 15) is 14.9 Å². The average molecular weight is 471 g/mol. The fraction of sp³-hybridized carbons (Fsp3) is 0.321. The Morgan fingerprint density at radius 1 is 0.943 bits per heavy atom. The molecule has 7 heteroatoms. The normalized spacial score (nSPS) is 12.2. The van der Waals surface area contributed by atoms with Crippen LogP contribution in [-0.4, -0.2) is 29.3 Å². The van der Waals surface area contributed by atoms with Crippen molar-refractivity contribution in [2.45, 2.75) is 39.3 Å². The quantitative estimate of drug-likeness (QED) is 0.391. The van der Waals surface area contributed by atoms with E-state index in [0.29, 0.717) is 30.9 Å². The Morgan fingerprint density at radius 3 is 2.37 bits per heavy atom. The smallest absolute Gasteiger partial charge is 0.251 e. The summed E-state index contributed by atoms with van der Waals surface area (Å²) in [6.45, 7) is 7.16. The highest BCUT2D eigenvalue weighted by Gasteiger charge is 2.17. The van der Waals surface area contributed by atoms with E-state index in [1.807, 2.05) is 52.1 Å². The van der Waals surface area contributed by atoms with E-state index in [4.69, 9.17) is 4.74 Å².